The third kappa shape index (κ3) is 2.86. The van der Waals surface area contributed by atoms with Crippen LogP contribution in [-0.4, -0.2) is 11.4 Å². The lowest BCUT2D eigenvalue weighted by Gasteiger charge is -2.21. The monoisotopic (exact) mass is 318 g/mol. The minimum atomic E-state index is -0.895. The van der Waals surface area contributed by atoms with Gasteiger partial charge in [0.25, 0.3) is 0 Å². The van der Waals surface area contributed by atoms with Crippen molar-refractivity contribution in [3.63, 3.8) is 0 Å². The highest BCUT2D eigenvalue weighted by Gasteiger charge is 2.17. The molecule has 0 fully saturated rings. The van der Waals surface area contributed by atoms with E-state index in [1.165, 1.54) is 10.8 Å². The molecule has 1 atom stereocenters. The van der Waals surface area contributed by atoms with Crippen molar-refractivity contribution in [2.45, 2.75) is 19.8 Å². The van der Waals surface area contributed by atoms with Gasteiger partial charge in [0.15, 0.2) is 0 Å². The van der Waals surface area contributed by atoms with Crippen molar-refractivity contribution in [2.24, 2.45) is 0 Å². The van der Waals surface area contributed by atoms with Crippen molar-refractivity contribution in [2.75, 3.05) is 0 Å². The van der Waals surface area contributed by atoms with E-state index < -0.39 is 6.29 Å². The van der Waals surface area contributed by atoms with E-state index in [0.717, 1.165) is 22.4 Å². The molecule has 0 saturated carbocycles. The molecule has 0 amide bonds. The van der Waals surface area contributed by atoms with Crippen molar-refractivity contribution in [3.05, 3.63) is 77.9 Å². The van der Waals surface area contributed by atoms with Gasteiger partial charge in [-0.15, -0.1) is 0 Å². The summed E-state index contributed by atoms with van der Waals surface area (Å²) in [6, 6.07) is 20.3. The predicted molar refractivity (Wildman–Crippen MR) is 95.0 cm³/mol. The number of hydrogen-bond acceptors (Lipinski definition) is 3. The van der Waals surface area contributed by atoms with Crippen LogP contribution in [-0.2, 0) is 6.61 Å². The molecule has 120 valence electrons. The average molecular weight is 318 g/mol. The normalized spacial score (nSPS) is 16.2. The fourth-order valence-electron chi connectivity index (χ4n) is 2.98. The molecule has 1 aliphatic rings. The SMILES string of the molecule is CC1=CC(O)Oc2cc(OCc3ccc4ccccc4c3)ccc21. The molecule has 0 radical (unpaired) electrons. The fourth-order valence-corrected chi connectivity index (χ4v) is 2.98. The van der Waals surface area contributed by atoms with Crippen molar-refractivity contribution in [1.82, 2.24) is 0 Å². The van der Waals surface area contributed by atoms with Crippen molar-refractivity contribution in [3.8, 4) is 11.5 Å². The highest BCUT2D eigenvalue weighted by Crippen LogP contribution is 2.34. The minimum absolute atomic E-state index is 0.487. The standard InChI is InChI=1S/C21H18O3/c1-14-10-21(22)24-20-12-18(8-9-19(14)20)23-13-15-6-7-16-4-2-3-5-17(16)11-15/h2-12,21-22H,13H2,1H3. The lowest BCUT2D eigenvalue weighted by Crippen LogP contribution is -2.17. The van der Waals surface area contributed by atoms with Crippen LogP contribution >= 0.6 is 0 Å². The molecule has 1 aliphatic heterocycles. The van der Waals surface area contributed by atoms with Gasteiger partial charge in [-0.1, -0.05) is 36.4 Å². The molecule has 1 heterocycles. The van der Waals surface area contributed by atoms with E-state index in [9.17, 15) is 5.11 Å². The molecule has 1 unspecified atom stereocenters. The van der Waals surface area contributed by atoms with Crippen molar-refractivity contribution in [1.29, 1.82) is 0 Å². The topological polar surface area (TPSA) is 38.7 Å². The highest BCUT2D eigenvalue weighted by molar-refractivity contribution is 5.83. The molecule has 3 heteroatoms. The van der Waals surface area contributed by atoms with Crippen LogP contribution in [0.15, 0.2) is 66.7 Å². The Bertz CT molecular complexity index is 927. The molecule has 0 saturated heterocycles. The van der Waals surface area contributed by atoms with Crippen LogP contribution in [0.2, 0.25) is 0 Å². The zero-order valence-corrected chi connectivity index (χ0v) is 13.4. The molecule has 0 bridgehead atoms. The number of hydrogen-bond donors (Lipinski definition) is 1. The van der Waals surface area contributed by atoms with Gasteiger partial charge >= 0.3 is 0 Å². The van der Waals surface area contributed by atoms with Crippen molar-refractivity contribution >= 4 is 16.3 Å². The highest BCUT2D eigenvalue weighted by atomic mass is 16.6. The number of fused-ring (bicyclic) bond motifs is 2. The van der Waals surface area contributed by atoms with Gasteiger partial charge in [-0.2, -0.15) is 0 Å². The van der Waals surface area contributed by atoms with Crippen LogP contribution < -0.4 is 9.47 Å². The number of aliphatic hydroxyl groups excluding tert-OH is 1. The second-order valence-electron chi connectivity index (χ2n) is 5.99. The summed E-state index contributed by atoms with van der Waals surface area (Å²) in [6.45, 7) is 2.45. The van der Waals surface area contributed by atoms with Gasteiger partial charge in [0.1, 0.15) is 18.1 Å². The Morgan fingerprint density at radius 1 is 1.00 bits per heavy atom. The first-order chi connectivity index (χ1) is 11.7. The smallest absolute Gasteiger partial charge is 0.217 e. The van der Waals surface area contributed by atoms with Crippen LogP contribution in [0.25, 0.3) is 16.3 Å². The number of aliphatic hydroxyl groups is 1. The van der Waals surface area contributed by atoms with Gasteiger partial charge < -0.3 is 14.6 Å². The fraction of sp³-hybridized carbons (Fsp3) is 0.143. The molecule has 0 aliphatic carbocycles. The van der Waals surface area contributed by atoms with E-state index in [4.69, 9.17) is 9.47 Å². The summed E-state index contributed by atoms with van der Waals surface area (Å²) in [5, 5.41) is 12.1. The Morgan fingerprint density at radius 2 is 1.83 bits per heavy atom. The molecular weight excluding hydrogens is 300 g/mol. The molecule has 0 spiro atoms. The molecule has 4 rings (SSSR count). The summed E-state index contributed by atoms with van der Waals surface area (Å²) in [7, 11) is 0. The van der Waals surface area contributed by atoms with Crippen LogP contribution in [0.1, 0.15) is 18.1 Å². The Labute approximate surface area is 140 Å². The Kier molecular flexibility index (Phi) is 3.71. The quantitative estimate of drug-likeness (QED) is 0.771. The van der Waals surface area contributed by atoms with E-state index in [1.54, 1.807) is 6.08 Å². The van der Waals surface area contributed by atoms with Crippen LogP contribution in [0, 0.1) is 0 Å². The molecular formula is C21H18O3. The van der Waals surface area contributed by atoms with E-state index in [2.05, 4.69) is 30.3 Å². The third-order valence-corrected chi connectivity index (χ3v) is 4.24. The summed E-state index contributed by atoms with van der Waals surface area (Å²) in [5.41, 5.74) is 3.10. The Balaban J connectivity index is 1.53. The Hall–Kier alpha value is -2.78. The lowest BCUT2D eigenvalue weighted by atomic mass is 10.0. The summed E-state index contributed by atoms with van der Waals surface area (Å²) < 4.78 is 11.3. The number of ether oxygens (including phenoxy) is 2. The maximum absolute atomic E-state index is 9.69. The van der Waals surface area contributed by atoms with Gasteiger partial charge in [0.2, 0.25) is 6.29 Å². The maximum atomic E-state index is 9.69. The van der Waals surface area contributed by atoms with Crippen molar-refractivity contribution < 1.29 is 14.6 Å². The molecule has 24 heavy (non-hydrogen) atoms. The third-order valence-electron chi connectivity index (χ3n) is 4.24. The second kappa shape index (κ2) is 6.02. The maximum Gasteiger partial charge on any atom is 0.217 e. The minimum Gasteiger partial charge on any atom is -0.489 e. The van der Waals surface area contributed by atoms with Crippen LogP contribution in [0.3, 0.4) is 0 Å². The van der Waals surface area contributed by atoms with Gasteiger partial charge in [-0.25, -0.2) is 0 Å². The van der Waals surface area contributed by atoms with E-state index in [1.807, 2.05) is 37.3 Å². The zero-order chi connectivity index (χ0) is 16.5. The molecule has 3 aromatic rings. The van der Waals surface area contributed by atoms with Crippen LogP contribution in [0.4, 0.5) is 0 Å². The predicted octanol–water partition coefficient (Wildman–Crippen LogP) is 4.53. The molecule has 3 nitrogen and oxygen atoms in total. The largest absolute Gasteiger partial charge is 0.489 e. The molecule has 1 N–H and O–H groups in total. The molecule has 0 aromatic heterocycles. The van der Waals surface area contributed by atoms with E-state index in [0.29, 0.717) is 12.4 Å². The number of rotatable bonds is 3. The summed E-state index contributed by atoms with van der Waals surface area (Å²) in [5.74, 6) is 1.38. The average Bonchev–Trinajstić information content (AvgIpc) is 2.59. The second-order valence-corrected chi connectivity index (χ2v) is 5.99. The van der Waals surface area contributed by atoms with Gasteiger partial charge in [-0.05, 0) is 53.1 Å². The summed E-state index contributed by atoms with van der Waals surface area (Å²) in [6.07, 6.45) is 0.797. The van der Waals surface area contributed by atoms with E-state index in [-0.39, 0.29) is 0 Å². The Morgan fingerprint density at radius 3 is 2.71 bits per heavy atom. The summed E-state index contributed by atoms with van der Waals surface area (Å²) in [4.78, 5) is 0. The first-order valence-electron chi connectivity index (χ1n) is 7.97. The number of benzene rings is 3. The lowest BCUT2D eigenvalue weighted by molar-refractivity contribution is 0.0223. The number of allylic oxidation sites excluding steroid dienone is 1. The first-order valence-corrected chi connectivity index (χ1v) is 7.97. The first kappa shape index (κ1) is 14.8. The van der Waals surface area contributed by atoms with Crippen LogP contribution in [0.5, 0.6) is 11.5 Å². The van der Waals surface area contributed by atoms with Gasteiger partial charge in [0.05, 0.1) is 0 Å². The summed E-state index contributed by atoms with van der Waals surface area (Å²) >= 11 is 0. The zero-order valence-electron chi connectivity index (χ0n) is 13.4. The van der Waals surface area contributed by atoms with Gasteiger partial charge in [-0.3, -0.25) is 0 Å². The molecule has 3 aromatic carbocycles. The van der Waals surface area contributed by atoms with Gasteiger partial charge in [0, 0.05) is 11.6 Å². The van der Waals surface area contributed by atoms with E-state index >= 15 is 0 Å².